The van der Waals surface area contributed by atoms with Crippen molar-refractivity contribution in [3.63, 3.8) is 0 Å². The predicted molar refractivity (Wildman–Crippen MR) is 124 cm³/mol. The fourth-order valence-electron chi connectivity index (χ4n) is 3.88. The normalized spacial score (nSPS) is 17.0. The molecule has 0 radical (unpaired) electrons. The van der Waals surface area contributed by atoms with Crippen LogP contribution in [-0.4, -0.2) is 47.6 Å². The van der Waals surface area contributed by atoms with Crippen LogP contribution in [0.1, 0.15) is 38.4 Å². The maximum Gasteiger partial charge on any atom is 0.257 e. The zero-order chi connectivity index (χ0) is 23.5. The molecule has 2 amide bonds. The molecule has 9 heteroatoms. The Hall–Kier alpha value is -3.98. The number of nitrogens with zero attached hydrogens (tertiary/aromatic N) is 2. The van der Waals surface area contributed by atoms with Crippen molar-refractivity contribution >= 4 is 17.6 Å². The van der Waals surface area contributed by atoms with E-state index in [0.717, 1.165) is 24.1 Å². The molecule has 0 saturated carbocycles. The summed E-state index contributed by atoms with van der Waals surface area (Å²) in [4.78, 5) is 33.3. The summed E-state index contributed by atoms with van der Waals surface area (Å²) in [6.45, 7) is 3.55. The molecular formula is C25H24N4O5. The van der Waals surface area contributed by atoms with Crippen LogP contribution in [0.4, 0.5) is 5.82 Å². The van der Waals surface area contributed by atoms with Gasteiger partial charge in [0.2, 0.25) is 0 Å². The predicted octanol–water partition coefficient (Wildman–Crippen LogP) is 3.28. The molecule has 2 aliphatic rings. The third kappa shape index (κ3) is 4.99. The van der Waals surface area contributed by atoms with Gasteiger partial charge in [-0.1, -0.05) is 0 Å². The van der Waals surface area contributed by atoms with Crippen molar-refractivity contribution in [2.75, 3.05) is 25.1 Å². The highest BCUT2D eigenvalue weighted by atomic mass is 16.5. The summed E-state index contributed by atoms with van der Waals surface area (Å²) in [5, 5.41) is 5.58. The first-order chi connectivity index (χ1) is 16.5. The second-order valence-electron chi connectivity index (χ2n) is 8.22. The first kappa shape index (κ1) is 21.8. The number of hydrogen-bond donors (Lipinski definition) is 2. The second kappa shape index (κ2) is 9.48. The monoisotopic (exact) mass is 460 g/mol. The number of aromatic nitrogens is 2. The molecular weight excluding hydrogens is 436 g/mol. The van der Waals surface area contributed by atoms with Crippen LogP contribution >= 0.6 is 0 Å². The third-order valence-electron chi connectivity index (χ3n) is 5.59. The zero-order valence-corrected chi connectivity index (χ0v) is 18.7. The average Bonchev–Trinajstić information content (AvgIpc) is 3.33. The minimum atomic E-state index is -0.363. The summed E-state index contributed by atoms with van der Waals surface area (Å²) in [5.41, 5.74) is 2.68. The maximum atomic E-state index is 13.0. The summed E-state index contributed by atoms with van der Waals surface area (Å²) in [5.74, 6) is 1.42. The van der Waals surface area contributed by atoms with Gasteiger partial charge in [-0.25, -0.2) is 4.98 Å². The van der Waals surface area contributed by atoms with Crippen LogP contribution in [0.3, 0.4) is 0 Å². The van der Waals surface area contributed by atoms with Gasteiger partial charge >= 0.3 is 0 Å². The largest absolute Gasteiger partial charge is 0.488 e. The molecule has 5 rings (SSSR count). The summed E-state index contributed by atoms with van der Waals surface area (Å²) < 4.78 is 17.5. The molecule has 1 unspecified atom stereocenters. The molecule has 1 atom stereocenters. The lowest BCUT2D eigenvalue weighted by molar-refractivity contribution is 0.0945. The van der Waals surface area contributed by atoms with E-state index >= 15 is 0 Å². The van der Waals surface area contributed by atoms with E-state index in [2.05, 4.69) is 20.6 Å². The van der Waals surface area contributed by atoms with Gasteiger partial charge in [-0.2, -0.15) is 0 Å². The Balaban J connectivity index is 1.41. The zero-order valence-electron chi connectivity index (χ0n) is 18.7. The van der Waals surface area contributed by atoms with E-state index in [1.807, 2.05) is 13.0 Å². The molecule has 34 heavy (non-hydrogen) atoms. The van der Waals surface area contributed by atoms with Crippen molar-refractivity contribution in [1.29, 1.82) is 0 Å². The van der Waals surface area contributed by atoms with Crippen molar-refractivity contribution in [3.05, 3.63) is 71.2 Å². The van der Waals surface area contributed by atoms with Crippen molar-refractivity contribution in [2.24, 2.45) is 0 Å². The molecule has 2 aliphatic heterocycles. The summed E-state index contributed by atoms with van der Waals surface area (Å²) >= 11 is 0. The highest BCUT2D eigenvalue weighted by molar-refractivity contribution is 6.04. The van der Waals surface area contributed by atoms with E-state index in [-0.39, 0.29) is 17.9 Å². The Bertz CT molecular complexity index is 1220. The molecule has 1 saturated heterocycles. The standard InChI is InChI=1S/C25H24N4O5/c1-15-12-28-23(13-27-15)29-24(30)17-9-20(11-21(10-17)34-19-5-7-32-14-19)33-18-2-3-22-16(8-18)4-6-26-25(22)31/h2-3,8-13,19H,4-7,14H2,1H3,(H,26,31)(H,28,29,30). The van der Waals surface area contributed by atoms with E-state index < -0.39 is 0 Å². The van der Waals surface area contributed by atoms with Gasteiger partial charge < -0.3 is 24.8 Å². The number of anilines is 1. The number of fused-ring (bicyclic) bond motifs is 1. The number of carbonyl (C=O) groups is 2. The number of aryl methyl sites for hydroxylation is 1. The first-order valence-electron chi connectivity index (χ1n) is 11.1. The molecule has 3 heterocycles. The van der Waals surface area contributed by atoms with Crippen molar-refractivity contribution in [2.45, 2.75) is 25.9 Å². The number of amides is 2. The molecule has 174 valence electrons. The van der Waals surface area contributed by atoms with Crippen molar-refractivity contribution < 1.29 is 23.8 Å². The van der Waals surface area contributed by atoms with Crippen LogP contribution in [-0.2, 0) is 11.2 Å². The maximum absolute atomic E-state index is 13.0. The topological polar surface area (TPSA) is 112 Å². The quantitative estimate of drug-likeness (QED) is 0.581. The lowest BCUT2D eigenvalue weighted by Crippen LogP contribution is -2.31. The number of nitrogens with one attached hydrogen (secondary N) is 2. The molecule has 2 aromatic carbocycles. The molecule has 1 fully saturated rings. The fourth-order valence-corrected chi connectivity index (χ4v) is 3.88. The molecule has 0 spiro atoms. The van der Waals surface area contributed by atoms with Gasteiger partial charge in [-0.15, -0.1) is 0 Å². The Morgan fingerprint density at radius 3 is 2.79 bits per heavy atom. The van der Waals surface area contributed by atoms with E-state index in [1.165, 1.54) is 6.20 Å². The Kier molecular flexibility index (Phi) is 6.09. The van der Waals surface area contributed by atoms with E-state index in [1.54, 1.807) is 36.5 Å². The van der Waals surface area contributed by atoms with Crippen molar-refractivity contribution in [1.82, 2.24) is 15.3 Å². The Morgan fingerprint density at radius 2 is 2.00 bits per heavy atom. The minimum Gasteiger partial charge on any atom is -0.488 e. The lowest BCUT2D eigenvalue weighted by Gasteiger charge is -2.18. The van der Waals surface area contributed by atoms with Crippen LogP contribution in [0.5, 0.6) is 17.2 Å². The van der Waals surface area contributed by atoms with Gasteiger partial charge in [0.05, 0.1) is 31.3 Å². The van der Waals surface area contributed by atoms with E-state index in [9.17, 15) is 9.59 Å². The number of ether oxygens (including phenoxy) is 3. The molecule has 3 aromatic rings. The highest BCUT2D eigenvalue weighted by Gasteiger charge is 2.20. The van der Waals surface area contributed by atoms with Crippen LogP contribution in [0, 0.1) is 6.92 Å². The van der Waals surface area contributed by atoms with Gasteiger partial charge in [0.25, 0.3) is 11.8 Å². The van der Waals surface area contributed by atoms with Crippen LogP contribution in [0.2, 0.25) is 0 Å². The number of benzene rings is 2. The molecule has 0 bridgehead atoms. The van der Waals surface area contributed by atoms with Gasteiger partial charge in [0.1, 0.15) is 23.4 Å². The molecule has 9 nitrogen and oxygen atoms in total. The SMILES string of the molecule is Cc1cnc(NC(=O)c2cc(Oc3ccc4c(c3)CCNC4=O)cc(OC3CCOC3)c2)cn1. The second-order valence-corrected chi connectivity index (χ2v) is 8.22. The van der Waals surface area contributed by atoms with E-state index in [4.69, 9.17) is 14.2 Å². The number of carbonyl (C=O) groups excluding carboxylic acids is 2. The van der Waals surface area contributed by atoms with Crippen molar-refractivity contribution in [3.8, 4) is 17.2 Å². The van der Waals surface area contributed by atoms with Gasteiger partial charge in [-0.3, -0.25) is 14.6 Å². The van der Waals surface area contributed by atoms with Crippen LogP contribution in [0.25, 0.3) is 0 Å². The summed E-state index contributed by atoms with van der Waals surface area (Å²) in [7, 11) is 0. The van der Waals surface area contributed by atoms with Gasteiger partial charge in [0, 0.05) is 30.2 Å². The molecule has 1 aromatic heterocycles. The molecule has 0 aliphatic carbocycles. The Morgan fingerprint density at radius 1 is 1.12 bits per heavy atom. The summed E-state index contributed by atoms with van der Waals surface area (Å²) in [6, 6.07) is 10.4. The lowest BCUT2D eigenvalue weighted by atomic mass is 10.0. The minimum absolute atomic E-state index is 0.0832. The fraction of sp³-hybridized carbons (Fsp3) is 0.280. The number of hydrogen-bond acceptors (Lipinski definition) is 7. The number of rotatable bonds is 6. The smallest absolute Gasteiger partial charge is 0.257 e. The molecule has 2 N–H and O–H groups in total. The van der Waals surface area contributed by atoms with E-state index in [0.29, 0.717) is 54.0 Å². The average molecular weight is 460 g/mol. The third-order valence-corrected chi connectivity index (χ3v) is 5.59. The Labute approximate surface area is 196 Å². The van der Waals surface area contributed by atoms with Crippen LogP contribution < -0.4 is 20.1 Å². The summed E-state index contributed by atoms with van der Waals surface area (Å²) in [6.07, 6.45) is 4.51. The van der Waals surface area contributed by atoms with Crippen LogP contribution in [0.15, 0.2) is 48.8 Å². The van der Waals surface area contributed by atoms with Gasteiger partial charge in [-0.05, 0) is 49.2 Å². The highest BCUT2D eigenvalue weighted by Crippen LogP contribution is 2.31. The first-order valence-corrected chi connectivity index (χ1v) is 11.1. The van der Waals surface area contributed by atoms with Gasteiger partial charge in [0.15, 0.2) is 5.82 Å².